The van der Waals surface area contributed by atoms with Crippen LogP contribution >= 0.6 is 0 Å². The molecule has 2 amide bonds. The van der Waals surface area contributed by atoms with Crippen molar-refractivity contribution in [1.29, 1.82) is 0 Å². The molecule has 0 spiro atoms. The Bertz CT molecular complexity index is 362. The van der Waals surface area contributed by atoms with Gasteiger partial charge in [0.25, 0.3) is 0 Å². The maximum absolute atomic E-state index is 12.6. The minimum absolute atomic E-state index is 0.0371. The molecule has 2 N–H and O–H groups in total. The number of aliphatic carboxylic acids is 1. The first kappa shape index (κ1) is 15.1. The normalized spacial score (nSPS) is 28.5. The van der Waals surface area contributed by atoms with Crippen molar-refractivity contribution in [3.63, 3.8) is 0 Å². The summed E-state index contributed by atoms with van der Waals surface area (Å²) in [4.78, 5) is 26.5. The molecular weight excluding hydrogens is 264 g/mol. The van der Waals surface area contributed by atoms with Crippen molar-refractivity contribution in [3.05, 3.63) is 0 Å². The number of carboxylic acids is 1. The van der Waals surface area contributed by atoms with Crippen LogP contribution in [0.2, 0.25) is 0 Å². The maximum atomic E-state index is 12.6. The molecule has 2 saturated heterocycles. The highest BCUT2D eigenvalue weighted by molar-refractivity contribution is 5.81. The molecule has 2 atom stereocenters. The topological polar surface area (TPSA) is 90.3 Å². The van der Waals surface area contributed by atoms with Crippen LogP contribution in [-0.2, 0) is 9.53 Å². The molecule has 2 fully saturated rings. The van der Waals surface area contributed by atoms with E-state index in [0.29, 0.717) is 19.4 Å². The van der Waals surface area contributed by atoms with E-state index >= 15 is 0 Å². The smallest absolute Gasteiger partial charge is 0.323 e. The van der Waals surface area contributed by atoms with E-state index in [0.717, 1.165) is 12.8 Å². The molecule has 2 rings (SSSR count). The molecule has 0 aromatic heterocycles. The fraction of sp³-hybridized carbons (Fsp3) is 0.846. The SMILES string of the molecule is COCCN(CC(=O)O)C(=O)N1C2CCC1CC(O)C2. The Balaban J connectivity index is 2.05. The molecule has 0 aromatic carbocycles. The fourth-order valence-electron chi connectivity index (χ4n) is 3.23. The van der Waals surface area contributed by atoms with Gasteiger partial charge in [-0.3, -0.25) is 4.79 Å². The Labute approximate surface area is 118 Å². The minimum atomic E-state index is -1.03. The molecule has 0 saturated carbocycles. The number of carboxylic acid groups (broad SMARTS) is 1. The summed E-state index contributed by atoms with van der Waals surface area (Å²) in [6, 6.07) is -0.172. The third-order valence-corrected chi connectivity index (χ3v) is 4.09. The fourth-order valence-corrected chi connectivity index (χ4v) is 3.23. The predicted octanol–water partition coefficient (Wildman–Crippen LogP) is 0.127. The number of ether oxygens (including phenoxy) is 1. The average Bonchev–Trinajstić information content (AvgIpc) is 2.65. The molecule has 0 aromatic rings. The second-order valence-electron chi connectivity index (χ2n) is 5.51. The van der Waals surface area contributed by atoms with E-state index in [1.165, 1.54) is 12.0 Å². The summed E-state index contributed by atoms with van der Waals surface area (Å²) in [5.74, 6) is -1.03. The van der Waals surface area contributed by atoms with Gasteiger partial charge in [0.1, 0.15) is 6.54 Å². The standard InChI is InChI=1S/C13H22N2O5/c1-20-5-4-14(8-12(17)18)13(19)15-9-2-3-10(15)7-11(16)6-9/h9-11,16H,2-8H2,1H3,(H,17,18). The number of rotatable bonds is 5. The van der Waals surface area contributed by atoms with Crippen molar-refractivity contribution in [3.8, 4) is 0 Å². The maximum Gasteiger partial charge on any atom is 0.323 e. The van der Waals surface area contributed by atoms with E-state index in [9.17, 15) is 14.7 Å². The first-order valence-electron chi connectivity index (χ1n) is 6.99. The Morgan fingerprint density at radius 1 is 1.30 bits per heavy atom. The summed E-state index contributed by atoms with van der Waals surface area (Å²) in [6.07, 6.45) is 2.61. The molecule has 2 unspecified atom stereocenters. The van der Waals surface area contributed by atoms with Crippen molar-refractivity contribution in [2.75, 3.05) is 26.8 Å². The largest absolute Gasteiger partial charge is 0.480 e. The van der Waals surface area contributed by atoms with E-state index in [1.807, 2.05) is 0 Å². The number of piperidine rings is 1. The second kappa shape index (κ2) is 6.41. The molecule has 114 valence electrons. The van der Waals surface area contributed by atoms with Crippen LogP contribution < -0.4 is 0 Å². The molecule has 7 heteroatoms. The van der Waals surface area contributed by atoms with Crippen LogP contribution in [0.4, 0.5) is 4.79 Å². The quantitative estimate of drug-likeness (QED) is 0.749. The van der Waals surface area contributed by atoms with Crippen molar-refractivity contribution < 1.29 is 24.5 Å². The number of methoxy groups -OCH3 is 1. The zero-order valence-corrected chi connectivity index (χ0v) is 11.7. The van der Waals surface area contributed by atoms with Crippen molar-refractivity contribution in [1.82, 2.24) is 9.80 Å². The lowest BCUT2D eigenvalue weighted by molar-refractivity contribution is -0.138. The molecular formula is C13H22N2O5. The van der Waals surface area contributed by atoms with Gasteiger partial charge in [0.2, 0.25) is 0 Å². The summed E-state index contributed by atoms with van der Waals surface area (Å²) in [5, 5.41) is 18.7. The summed E-state index contributed by atoms with van der Waals surface area (Å²) in [6.45, 7) is 0.256. The monoisotopic (exact) mass is 286 g/mol. The number of aliphatic hydroxyl groups is 1. The highest BCUT2D eigenvalue weighted by atomic mass is 16.5. The average molecular weight is 286 g/mol. The molecule has 2 heterocycles. The summed E-state index contributed by atoms with van der Waals surface area (Å²) < 4.78 is 4.93. The predicted molar refractivity (Wildman–Crippen MR) is 70.4 cm³/mol. The second-order valence-corrected chi connectivity index (χ2v) is 5.51. The number of aliphatic hydroxyl groups excluding tert-OH is 1. The van der Waals surface area contributed by atoms with Crippen LogP contribution in [0.1, 0.15) is 25.7 Å². The van der Waals surface area contributed by atoms with E-state index in [-0.39, 0.29) is 37.3 Å². The van der Waals surface area contributed by atoms with Crippen LogP contribution in [0.15, 0.2) is 0 Å². The third-order valence-electron chi connectivity index (χ3n) is 4.09. The number of hydrogen-bond donors (Lipinski definition) is 2. The minimum Gasteiger partial charge on any atom is -0.480 e. The van der Waals surface area contributed by atoms with Crippen LogP contribution in [0.5, 0.6) is 0 Å². The van der Waals surface area contributed by atoms with Gasteiger partial charge in [-0.25, -0.2) is 4.79 Å². The number of carbonyl (C=O) groups excluding carboxylic acids is 1. The van der Waals surface area contributed by atoms with Gasteiger partial charge >= 0.3 is 12.0 Å². The number of urea groups is 1. The molecule has 0 radical (unpaired) electrons. The number of fused-ring (bicyclic) bond motifs is 2. The summed E-state index contributed by atoms with van der Waals surface area (Å²) in [7, 11) is 1.52. The van der Waals surface area contributed by atoms with Crippen LogP contribution in [0.25, 0.3) is 0 Å². The van der Waals surface area contributed by atoms with Gasteiger partial charge in [-0.05, 0) is 25.7 Å². The summed E-state index contributed by atoms with van der Waals surface area (Å²) >= 11 is 0. The lowest BCUT2D eigenvalue weighted by Crippen LogP contribution is -2.54. The molecule has 2 bridgehead atoms. The third kappa shape index (κ3) is 3.21. The van der Waals surface area contributed by atoms with E-state index in [1.54, 1.807) is 4.90 Å². The van der Waals surface area contributed by atoms with Crippen molar-refractivity contribution in [2.45, 2.75) is 43.9 Å². The molecule has 0 aliphatic carbocycles. The van der Waals surface area contributed by atoms with Crippen LogP contribution in [0, 0.1) is 0 Å². The van der Waals surface area contributed by atoms with Crippen molar-refractivity contribution >= 4 is 12.0 Å². The van der Waals surface area contributed by atoms with E-state index in [2.05, 4.69) is 0 Å². The summed E-state index contributed by atoms with van der Waals surface area (Å²) in [5.41, 5.74) is 0. The zero-order chi connectivity index (χ0) is 14.7. The van der Waals surface area contributed by atoms with Crippen LogP contribution in [-0.4, -0.2) is 77.0 Å². The molecule has 20 heavy (non-hydrogen) atoms. The lowest BCUT2D eigenvalue weighted by atomic mass is 10.0. The Hall–Kier alpha value is -1.34. The van der Waals surface area contributed by atoms with Gasteiger partial charge in [-0.1, -0.05) is 0 Å². The molecule has 2 aliphatic rings. The van der Waals surface area contributed by atoms with E-state index in [4.69, 9.17) is 9.84 Å². The molecule has 2 aliphatic heterocycles. The highest BCUT2D eigenvalue weighted by Gasteiger charge is 2.44. The number of amides is 2. The van der Waals surface area contributed by atoms with E-state index < -0.39 is 5.97 Å². The first-order valence-corrected chi connectivity index (χ1v) is 6.99. The van der Waals surface area contributed by atoms with Gasteiger partial charge in [0.05, 0.1) is 12.7 Å². The number of nitrogens with zero attached hydrogens (tertiary/aromatic N) is 2. The number of carbonyl (C=O) groups is 2. The Morgan fingerprint density at radius 3 is 2.40 bits per heavy atom. The van der Waals surface area contributed by atoms with Gasteiger partial charge in [-0.15, -0.1) is 0 Å². The van der Waals surface area contributed by atoms with Gasteiger partial charge in [-0.2, -0.15) is 0 Å². The zero-order valence-electron chi connectivity index (χ0n) is 11.7. The Morgan fingerprint density at radius 2 is 1.90 bits per heavy atom. The lowest BCUT2D eigenvalue weighted by Gasteiger charge is -2.39. The number of hydrogen-bond acceptors (Lipinski definition) is 4. The van der Waals surface area contributed by atoms with Crippen molar-refractivity contribution in [2.24, 2.45) is 0 Å². The van der Waals surface area contributed by atoms with Crippen LogP contribution in [0.3, 0.4) is 0 Å². The van der Waals surface area contributed by atoms with Gasteiger partial charge in [0.15, 0.2) is 0 Å². The van der Waals surface area contributed by atoms with Gasteiger partial charge < -0.3 is 24.7 Å². The molecule has 7 nitrogen and oxygen atoms in total. The van der Waals surface area contributed by atoms with Gasteiger partial charge in [0, 0.05) is 25.7 Å². The Kier molecular flexibility index (Phi) is 4.82. The first-order chi connectivity index (χ1) is 9.52. The highest BCUT2D eigenvalue weighted by Crippen LogP contribution is 2.36.